The number of primary amides is 1. The van der Waals surface area contributed by atoms with Crippen LogP contribution >= 0.6 is 0 Å². The average Bonchev–Trinajstić information content (AvgIpc) is 3.49. The maximum Gasteiger partial charge on any atom is 0.306 e. The first-order valence-corrected chi connectivity index (χ1v) is 11.9. The summed E-state index contributed by atoms with van der Waals surface area (Å²) in [6.07, 6.45) is 0.176. The number of carbonyl (C=O) groups excluding carboxylic acids is 3. The molecule has 4 N–H and O–H groups in total. The molecule has 1 unspecified atom stereocenters. The van der Waals surface area contributed by atoms with Crippen molar-refractivity contribution in [2.75, 3.05) is 6.54 Å². The Morgan fingerprint density at radius 3 is 2.45 bits per heavy atom. The number of aromatic nitrogens is 4. The van der Waals surface area contributed by atoms with E-state index in [1.807, 2.05) is 32.9 Å². The molecule has 0 fully saturated rings. The maximum atomic E-state index is 13.4. The maximum absolute atomic E-state index is 13.4. The lowest BCUT2D eigenvalue weighted by atomic mass is 9.86. The van der Waals surface area contributed by atoms with Crippen LogP contribution < -0.4 is 16.4 Å². The van der Waals surface area contributed by atoms with Crippen LogP contribution in [0.4, 0.5) is 4.39 Å². The summed E-state index contributed by atoms with van der Waals surface area (Å²) in [7, 11) is 0. The molecule has 0 aliphatic carbocycles. The summed E-state index contributed by atoms with van der Waals surface area (Å²) in [5.74, 6) is -2.24. The summed E-state index contributed by atoms with van der Waals surface area (Å²) in [5.41, 5.74) is 6.20. The molecule has 0 bridgehead atoms. The second kappa shape index (κ2) is 10.8. The summed E-state index contributed by atoms with van der Waals surface area (Å²) < 4.78 is 20.1. The molecule has 2 aromatic heterocycles. The highest BCUT2D eigenvalue weighted by atomic mass is 19.1. The van der Waals surface area contributed by atoms with Gasteiger partial charge in [0.05, 0.1) is 12.1 Å². The topological polar surface area (TPSA) is 158 Å². The van der Waals surface area contributed by atoms with Crippen molar-refractivity contribution in [3.05, 3.63) is 77.4 Å². The average molecular weight is 522 g/mol. The molecule has 0 aliphatic heterocycles. The minimum atomic E-state index is -0.889. The number of carbonyl (C=O) groups is 3. The number of amides is 3. The van der Waals surface area contributed by atoms with Gasteiger partial charge in [-0.25, -0.2) is 4.39 Å². The van der Waals surface area contributed by atoms with Crippen molar-refractivity contribution < 1.29 is 23.2 Å². The van der Waals surface area contributed by atoms with E-state index in [0.717, 1.165) is 11.1 Å². The lowest BCUT2D eigenvalue weighted by molar-refractivity contribution is -0.125. The van der Waals surface area contributed by atoms with Gasteiger partial charge in [-0.3, -0.25) is 19.1 Å². The van der Waals surface area contributed by atoms with E-state index in [1.54, 1.807) is 28.9 Å². The highest BCUT2D eigenvalue weighted by Gasteiger charge is 2.34. The van der Waals surface area contributed by atoms with E-state index in [9.17, 15) is 18.8 Å². The molecule has 4 aromatic rings. The fraction of sp³-hybridized carbons (Fsp3) is 0.308. The van der Waals surface area contributed by atoms with Crippen molar-refractivity contribution in [3.63, 3.8) is 0 Å². The van der Waals surface area contributed by atoms with E-state index in [2.05, 4.69) is 25.9 Å². The van der Waals surface area contributed by atoms with Gasteiger partial charge in [0.25, 0.3) is 5.91 Å². The number of hydrogen-bond donors (Lipinski definition) is 3. The number of nitrogens with two attached hydrogens (primary N) is 1. The van der Waals surface area contributed by atoms with Gasteiger partial charge >= 0.3 is 11.8 Å². The van der Waals surface area contributed by atoms with Crippen molar-refractivity contribution in [2.24, 2.45) is 11.1 Å². The Morgan fingerprint density at radius 2 is 1.79 bits per heavy atom. The summed E-state index contributed by atoms with van der Waals surface area (Å²) >= 11 is 0. The monoisotopic (exact) mass is 521 g/mol. The number of rotatable bonds is 9. The van der Waals surface area contributed by atoms with Crippen LogP contribution in [0.5, 0.6) is 0 Å². The molecule has 2 aromatic carbocycles. The van der Waals surface area contributed by atoms with Crippen molar-refractivity contribution in [3.8, 4) is 0 Å². The second-order valence-electron chi connectivity index (χ2n) is 9.83. The SMILES string of the molecule is CC(C)(C)C(NC(=O)c1nn(Cc2ccc(F)cc2)c2ccccc12)C(=O)NCCc1nnc(C(N)=O)o1. The van der Waals surface area contributed by atoms with Crippen molar-refractivity contribution in [1.29, 1.82) is 0 Å². The molecule has 3 amide bonds. The third-order valence-corrected chi connectivity index (χ3v) is 5.84. The van der Waals surface area contributed by atoms with Gasteiger partial charge in [0.15, 0.2) is 5.69 Å². The molecule has 0 saturated carbocycles. The molecule has 11 nitrogen and oxygen atoms in total. The predicted octanol–water partition coefficient (Wildman–Crippen LogP) is 2.21. The first-order valence-electron chi connectivity index (χ1n) is 11.9. The molecule has 0 aliphatic rings. The van der Waals surface area contributed by atoms with E-state index < -0.39 is 29.2 Å². The number of hydrogen-bond acceptors (Lipinski definition) is 7. The van der Waals surface area contributed by atoms with E-state index in [4.69, 9.17) is 10.2 Å². The van der Waals surface area contributed by atoms with Crippen molar-refractivity contribution >= 4 is 28.6 Å². The van der Waals surface area contributed by atoms with Crippen molar-refractivity contribution in [2.45, 2.75) is 39.8 Å². The van der Waals surface area contributed by atoms with Gasteiger partial charge in [0.2, 0.25) is 11.8 Å². The Balaban J connectivity index is 1.49. The van der Waals surface area contributed by atoms with Gasteiger partial charge in [-0.15, -0.1) is 10.2 Å². The molecule has 38 heavy (non-hydrogen) atoms. The third kappa shape index (κ3) is 6.02. The first kappa shape index (κ1) is 26.5. The Bertz CT molecular complexity index is 1470. The lowest BCUT2D eigenvalue weighted by Crippen LogP contribution is -2.54. The summed E-state index contributed by atoms with van der Waals surface area (Å²) in [5, 5.41) is 18.0. The smallest absolute Gasteiger partial charge is 0.306 e. The largest absolute Gasteiger partial charge is 0.417 e. The molecule has 4 rings (SSSR count). The van der Waals surface area contributed by atoms with E-state index in [1.165, 1.54) is 12.1 Å². The van der Waals surface area contributed by atoms with E-state index >= 15 is 0 Å². The number of halogens is 1. The molecule has 0 radical (unpaired) electrons. The fourth-order valence-corrected chi connectivity index (χ4v) is 3.90. The lowest BCUT2D eigenvalue weighted by Gasteiger charge is -2.30. The number of fused-ring (bicyclic) bond motifs is 1. The summed E-state index contributed by atoms with van der Waals surface area (Å²) in [6.45, 7) is 5.97. The highest BCUT2D eigenvalue weighted by Crippen LogP contribution is 2.23. The van der Waals surface area contributed by atoms with Gasteiger partial charge < -0.3 is 20.8 Å². The second-order valence-corrected chi connectivity index (χ2v) is 9.83. The minimum Gasteiger partial charge on any atom is -0.417 e. The summed E-state index contributed by atoms with van der Waals surface area (Å²) in [6, 6.07) is 12.5. The van der Waals surface area contributed by atoms with Crippen LogP contribution in [0.3, 0.4) is 0 Å². The van der Waals surface area contributed by atoms with Gasteiger partial charge in [-0.05, 0) is 29.2 Å². The molecule has 1 atom stereocenters. The van der Waals surface area contributed by atoms with Crippen molar-refractivity contribution in [1.82, 2.24) is 30.6 Å². The normalized spacial score (nSPS) is 12.3. The third-order valence-electron chi connectivity index (χ3n) is 5.84. The number of para-hydroxylation sites is 1. The predicted molar refractivity (Wildman–Crippen MR) is 135 cm³/mol. The van der Waals surface area contributed by atoms with Gasteiger partial charge in [-0.2, -0.15) is 5.10 Å². The number of nitrogens with one attached hydrogen (secondary N) is 2. The zero-order valence-electron chi connectivity index (χ0n) is 21.2. The van der Waals surface area contributed by atoms with Gasteiger partial charge in [-0.1, -0.05) is 51.1 Å². The van der Waals surface area contributed by atoms with Crippen LogP contribution in [0, 0.1) is 11.2 Å². The molecule has 12 heteroatoms. The summed E-state index contributed by atoms with van der Waals surface area (Å²) in [4.78, 5) is 37.6. The molecular weight excluding hydrogens is 493 g/mol. The Kier molecular flexibility index (Phi) is 7.51. The van der Waals surface area contributed by atoms with Crippen LogP contribution in [0.2, 0.25) is 0 Å². The Morgan fingerprint density at radius 1 is 1.08 bits per heavy atom. The minimum absolute atomic E-state index is 0.136. The molecule has 0 saturated heterocycles. The molecule has 0 spiro atoms. The van der Waals surface area contributed by atoms with Gasteiger partial charge in [0.1, 0.15) is 11.9 Å². The molecule has 2 heterocycles. The van der Waals surface area contributed by atoms with E-state index in [0.29, 0.717) is 11.9 Å². The zero-order valence-corrected chi connectivity index (χ0v) is 21.2. The molecule has 198 valence electrons. The van der Waals surface area contributed by atoms with Gasteiger partial charge in [0, 0.05) is 18.4 Å². The van der Waals surface area contributed by atoms with Crippen LogP contribution in [-0.2, 0) is 17.8 Å². The standard InChI is InChI=1S/C26H28FN7O4/c1-26(2,3)21(24(37)29-13-12-19-31-32-25(38-19)22(28)35)30-23(36)20-17-6-4-5-7-18(17)34(33-20)14-15-8-10-16(27)11-9-15/h4-11,21H,12-14H2,1-3H3,(H2,28,35)(H,29,37)(H,30,36). The van der Waals surface area contributed by atoms with E-state index in [-0.39, 0.29) is 36.3 Å². The van der Waals surface area contributed by atoms with Crippen LogP contribution in [0.15, 0.2) is 52.9 Å². The highest BCUT2D eigenvalue weighted by molar-refractivity contribution is 6.06. The van der Waals surface area contributed by atoms with Crippen LogP contribution in [-0.4, -0.2) is 50.3 Å². The van der Waals surface area contributed by atoms with Crippen LogP contribution in [0.25, 0.3) is 10.9 Å². The quantitative estimate of drug-likeness (QED) is 0.305. The fourth-order valence-electron chi connectivity index (χ4n) is 3.90. The van der Waals surface area contributed by atoms with Crippen LogP contribution in [0.1, 0.15) is 53.4 Å². The zero-order chi connectivity index (χ0) is 27.4. The number of nitrogens with zero attached hydrogens (tertiary/aromatic N) is 4. The Hall–Kier alpha value is -4.61. The number of benzene rings is 2. The first-order chi connectivity index (χ1) is 18.0. The molecular formula is C26H28FN7O4. The Labute approximate surface area is 217 Å².